The normalized spacial score (nSPS) is 23.1. The zero-order valence-electron chi connectivity index (χ0n) is 33.6. The van der Waals surface area contributed by atoms with Gasteiger partial charge in [0.05, 0.1) is 18.4 Å². The number of alkyl carbamates (subject to hydrolysis) is 1. The number of carbonyl (C=O) groups is 4. The molecule has 1 aromatic heterocycles. The number of hydrogen-bond donors (Lipinski definition) is 3. The molecule has 15 heteroatoms. The van der Waals surface area contributed by atoms with E-state index in [1.54, 1.807) is 60.9 Å². The molecular formula is C42H53N5O9S. The van der Waals surface area contributed by atoms with Crippen molar-refractivity contribution in [3.63, 3.8) is 0 Å². The number of ether oxygens (including phenoxy) is 3. The predicted octanol–water partition coefficient (Wildman–Crippen LogP) is 4.81. The fraction of sp³-hybridized carbons (Fsp3) is 0.500. The first kappa shape index (κ1) is 41.5. The summed E-state index contributed by atoms with van der Waals surface area (Å²) in [4.78, 5) is 61.9. The van der Waals surface area contributed by atoms with Crippen LogP contribution in [0.15, 0.2) is 73.4 Å². The maximum absolute atomic E-state index is 14.6. The molecule has 5 unspecified atom stereocenters. The molecule has 0 spiro atoms. The highest BCUT2D eigenvalue weighted by molar-refractivity contribution is 7.91. The van der Waals surface area contributed by atoms with Crippen LogP contribution in [-0.4, -0.2) is 89.8 Å². The van der Waals surface area contributed by atoms with E-state index in [1.807, 2.05) is 48.5 Å². The van der Waals surface area contributed by atoms with Gasteiger partial charge in [-0.15, -0.1) is 6.58 Å². The molecule has 3 N–H and O–H groups in total. The molecule has 6 rings (SSSR count). The lowest BCUT2D eigenvalue weighted by Gasteiger charge is -2.36. The maximum atomic E-state index is 14.6. The number of hydrogen-bond acceptors (Lipinski definition) is 10. The number of pyridine rings is 1. The average Bonchev–Trinajstić information content (AvgIpc) is 4.04. The van der Waals surface area contributed by atoms with Crippen LogP contribution in [0.1, 0.15) is 72.8 Å². The first-order chi connectivity index (χ1) is 26.7. The summed E-state index contributed by atoms with van der Waals surface area (Å²) in [7, 11) is -2.59. The second-order valence-electron chi connectivity index (χ2n) is 17.4. The number of nitrogens with zero attached hydrogens (tertiary/aromatic N) is 2. The van der Waals surface area contributed by atoms with Gasteiger partial charge in [-0.05, 0) is 87.1 Å². The molecule has 5 atom stereocenters. The van der Waals surface area contributed by atoms with Crippen LogP contribution in [0.3, 0.4) is 0 Å². The van der Waals surface area contributed by atoms with E-state index in [-0.39, 0.29) is 31.7 Å². The third-order valence-electron chi connectivity index (χ3n) is 10.9. The van der Waals surface area contributed by atoms with E-state index >= 15 is 0 Å². The predicted molar refractivity (Wildman–Crippen MR) is 214 cm³/mol. The van der Waals surface area contributed by atoms with Gasteiger partial charge < -0.3 is 29.7 Å². The van der Waals surface area contributed by atoms with Gasteiger partial charge in [-0.2, -0.15) is 0 Å². The van der Waals surface area contributed by atoms with Crippen LogP contribution in [-0.2, 0) is 35.6 Å². The van der Waals surface area contributed by atoms with Crippen LogP contribution >= 0.6 is 0 Å². The Morgan fingerprint density at radius 2 is 1.74 bits per heavy atom. The molecule has 1 saturated heterocycles. The number of benzene rings is 2. The number of amides is 4. The first-order valence-corrected chi connectivity index (χ1v) is 20.6. The van der Waals surface area contributed by atoms with Gasteiger partial charge in [0.15, 0.2) is 0 Å². The molecule has 0 radical (unpaired) electrons. The zero-order valence-corrected chi connectivity index (χ0v) is 34.4. The minimum atomic E-state index is -4.15. The van der Waals surface area contributed by atoms with Crippen molar-refractivity contribution in [1.82, 2.24) is 25.2 Å². The van der Waals surface area contributed by atoms with Crippen LogP contribution in [0, 0.1) is 11.3 Å². The number of carbonyl (C=O) groups excluding carboxylic acids is 4. The first-order valence-electron chi connectivity index (χ1n) is 19.2. The number of nitrogens with one attached hydrogen (secondary N) is 3. The summed E-state index contributed by atoms with van der Waals surface area (Å²) >= 11 is 0. The summed E-state index contributed by atoms with van der Waals surface area (Å²) in [5.74, 6) is -1.75. The third kappa shape index (κ3) is 8.88. The highest BCUT2D eigenvalue weighted by atomic mass is 32.2. The van der Waals surface area contributed by atoms with Crippen molar-refractivity contribution >= 4 is 44.6 Å². The van der Waals surface area contributed by atoms with Crippen molar-refractivity contribution in [2.24, 2.45) is 11.3 Å². The van der Waals surface area contributed by atoms with Crippen LogP contribution in [0.5, 0.6) is 11.6 Å². The Labute approximate surface area is 334 Å². The van der Waals surface area contributed by atoms with Gasteiger partial charge in [0, 0.05) is 23.9 Å². The minimum Gasteiger partial charge on any atom is -0.497 e. The molecule has 57 heavy (non-hydrogen) atoms. The number of aromatic nitrogens is 1. The van der Waals surface area contributed by atoms with Gasteiger partial charge in [-0.3, -0.25) is 19.1 Å². The fourth-order valence-electron chi connectivity index (χ4n) is 7.43. The topological polar surface area (TPSA) is 182 Å². The molecule has 0 bridgehead atoms. The minimum absolute atomic E-state index is 0.00400. The van der Waals surface area contributed by atoms with Crippen molar-refractivity contribution in [2.45, 2.75) is 108 Å². The van der Waals surface area contributed by atoms with Gasteiger partial charge in [-0.25, -0.2) is 18.2 Å². The number of likely N-dealkylation sites (tertiary alicyclic amines) is 1. The fourth-order valence-corrected chi connectivity index (χ4v) is 9.07. The monoisotopic (exact) mass is 803 g/mol. The lowest BCUT2D eigenvalue weighted by atomic mass is 9.85. The van der Waals surface area contributed by atoms with E-state index in [0.717, 1.165) is 10.9 Å². The largest absolute Gasteiger partial charge is 0.497 e. The average molecular weight is 804 g/mol. The van der Waals surface area contributed by atoms with E-state index in [4.69, 9.17) is 14.2 Å². The van der Waals surface area contributed by atoms with E-state index in [1.165, 1.54) is 11.0 Å². The quantitative estimate of drug-likeness (QED) is 0.203. The van der Waals surface area contributed by atoms with E-state index in [2.05, 4.69) is 26.9 Å². The maximum Gasteiger partial charge on any atom is 0.408 e. The highest BCUT2D eigenvalue weighted by Gasteiger charge is 2.63. The molecular weight excluding hydrogens is 751 g/mol. The highest BCUT2D eigenvalue weighted by Crippen LogP contribution is 2.48. The van der Waals surface area contributed by atoms with Gasteiger partial charge in [0.1, 0.15) is 35.1 Å². The molecule has 1 aliphatic heterocycles. The summed E-state index contributed by atoms with van der Waals surface area (Å²) in [6.07, 6.45) is 2.70. The Kier molecular flexibility index (Phi) is 11.1. The van der Waals surface area contributed by atoms with Crippen molar-refractivity contribution in [3.05, 3.63) is 79.0 Å². The summed E-state index contributed by atoms with van der Waals surface area (Å²) in [5, 5.41) is 7.04. The van der Waals surface area contributed by atoms with E-state index in [0.29, 0.717) is 24.0 Å². The molecule has 4 amide bonds. The SMILES string of the molecule is C=CC1CC1(NC(=O)C1CC(Oc2nccc3cc(OC)ccc23)CN1C(=O)C(NC(=O)OC(C)(C)C)C(C)(C)C)C(=O)NS(=O)(=O)C1(Cc2ccccc2)CC1. The Morgan fingerprint density at radius 1 is 1.04 bits per heavy atom. The van der Waals surface area contributed by atoms with Crippen LogP contribution < -0.4 is 24.8 Å². The third-order valence-corrected chi connectivity index (χ3v) is 13.0. The Morgan fingerprint density at radius 3 is 2.33 bits per heavy atom. The van der Waals surface area contributed by atoms with Gasteiger partial charge in [-0.1, -0.05) is 57.2 Å². The standard InChI is InChI=1S/C42H53N5O9S/c1-9-28-24-42(28,37(50)46-57(52,53)41(18-19-41)23-26-13-11-10-12-14-26)45-34(48)32-22-30(55-35-31-16-15-29(54-8)21-27(31)17-20-43-35)25-47(32)36(49)33(39(2,3)4)44-38(51)56-40(5,6)7/h9-17,20-21,28,30,32-33H,1,18-19,22-25H2,2-8H3,(H,44,51)(H,45,48)(H,46,50). The molecule has 14 nitrogen and oxygen atoms in total. The summed E-state index contributed by atoms with van der Waals surface area (Å²) in [6, 6.07) is 14.1. The molecule has 2 heterocycles. The Hall–Kier alpha value is -5.18. The number of fused-ring (bicyclic) bond motifs is 1. The molecule has 3 aliphatic rings. The Balaban J connectivity index is 1.27. The van der Waals surface area contributed by atoms with Crippen molar-refractivity contribution in [1.29, 1.82) is 0 Å². The lowest BCUT2D eigenvalue weighted by molar-refractivity contribution is -0.143. The second kappa shape index (κ2) is 15.3. The molecule has 2 saturated carbocycles. The van der Waals surface area contributed by atoms with Gasteiger partial charge >= 0.3 is 6.09 Å². The van der Waals surface area contributed by atoms with Gasteiger partial charge in [0.25, 0.3) is 5.91 Å². The number of methoxy groups -OCH3 is 1. The van der Waals surface area contributed by atoms with Crippen molar-refractivity contribution in [2.75, 3.05) is 13.7 Å². The molecule has 2 aromatic carbocycles. The second-order valence-corrected chi connectivity index (χ2v) is 19.5. The molecule has 3 fully saturated rings. The zero-order chi connectivity index (χ0) is 41.6. The molecule has 2 aliphatic carbocycles. The van der Waals surface area contributed by atoms with Crippen LogP contribution in [0.25, 0.3) is 10.8 Å². The number of sulfonamides is 1. The van der Waals surface area contributed by atoms with Crippen molar-refractivity contribution in [3.8, 4) is 11.6 Å². The number of rotatable bonds is 13. The van der Waals surface area contributed by atoms with E-state index < -0.39 is 79.2 Å². The Bertz CT molecular complexity index is 2160. The summed E-state index contributed by atoms with van der Waals surface area (Å²) in [6.45, 7) is 14.2. The molecule has 3 aromatic rings. The van der Waals surface area contributed by atoms with Crippen molar-refractivity contribution < 1.29 is 41.8 Å². The summed E-state index contributed by atoms with van der Waals surface area (Å²) < 4.78 is 46.0. The molecule has 306 valence electrons. The summed E-state index contributed by atoms with van der Waals surface area (Å²) in [5.41, 5.74) is -2.45. The van der Waals surface area contributed by atoms with Crippen LogP contribution in [0.2, 0.25) is 0 Å². The van der Waals surface area contributed by atoms with Crippen LogP contribution in [0.4, 0.5) is 4.79 Å². The van der Waals surface area contributed by atoms with Gasteiger partial charge in [0.2, 0.25) is 27.7 Å². The smallest absolute Gasteiger partial charge is 0.408 e. The van der Waals surface area contributed by atoms with E-state index in [9.17, 15) is 27.6 Å². The lowest BCUT2D eigenvalue weighted by Crippen LogP contribution is -2.60.